The van der Waals surface area contributed by atoms with E-state index in [1.165, 1.54) is 12.1 Å². The van der Waals surface area contributed by atoms with Crippen LogP contribution in [-0.4, -0.2) is 34.1 Å². The Balaban J connectivity index is 2.27. The van der Waals surface area contributed by atoms with Gasteiger partial charge in [0.1, 0.15) is 23.6 Å². The van der Waals surface area contributed by atoms with Crippen LogP contribution in [0.4, 0.5) is 10.1 Å². The number of carbonyl (C=O) groups excluding carboxylic acids is 2. The van der Waals surface area contributed by atoms with Crippen molar-refractivity contribution in [2.75, 3.05) is 11.9 Å². The molecule has 1 atom stereocenters. The Kier molecular flexibility index (Phi) is 6.76. The summed E-state index contributed by atoms with van der Waals surface area (Å²) in [6, 6.07) is 4.67. The highest BCUT2D eigenvalue weighted by molar-refractivity contribution is 6.05. The quantitative estimate of drug-likeness (QED) is 0.644. The number of aliphatic hydroxyl groups is 1. The number of terminal acetylenes is 1. The summed E-state index contributed by atoms with van der Waals surface area (Å²) in [5.74, 6) is 0.779. The van der Waals surface area contributed by atoms with Gasteiger partial charge in [-0.1, -0.05) is 5.92 Å². The number of nitrogens with zero attached hydrogens (tertiary/aromatic N) is 2. The van der Waals surface area contributed by atoms with E-state index in [9.17, 15) is 14.0 Å². The monoisotopic (exact) mass is 396 g/mol. The lowest BCUT2D eigenvalue weighted by Gasteiger charge is -2.10. The van der Waals surface area contributed by atoms with Crippen molar-refractivity contribution >= 4 is 17.5 Å². The summed E-state index contributed by atoms with van der Waals surface area (Å²) in [6.45, 7) is 3.13. The van der Waals surface area contributed by atoms with Gasteiger partial charge in [-0.05, 0) is 43.2 Å². The third kappa shape index (κ3) is 4.63. The zero-order chi connectivity index (χ0) is 21.7. The number of aliphatic hydroxyl groups excluding tert-OH is 1. The van der Waals surface area contributed by atoms with Crippen molar-refractivity contribution in [3.8, 4) is 18.4 Å². The molecule has 150 valence electrons. The molecule has 0 fully saturated rings. The number of nitriles is 1. The van der Waals surface area contributed by atoms with Crippen molar-refractivity contribution in [3.63, 3.8) is 0 Å². The van der Waals surface area contributed by atoms with Crippen molar-refractivity contribution in [1.29, 1.82) is 5.26 Å². The lowest BCUT2D eigenvalue weighted by atomic mass is 10.1. The summed E-state index contributed by atoms with van der Waals surface area (Å²) in [5, 5.41) is 23.2. The first-order chi connectivity index (χ1) is 13.7. The summed E-state index contributed by atoms with van der Waals surface area (Å²) in [5.41, 5.74) is 2.45. The van der Waals surface area contributed by atoms with Gasteiger partial charge in [-0.2, -0.15) is 5.26 Å². The van der Waals surface area contributed by atoms with Gasteiger partial charge >= 0.3 is 0 Å². The maximum Gasteiger partial charge on any atom is 0.272 e. The summed E-state index contributed by atoms with van der Waals surface area (Å²) < 4.78 is 15.1. The highest BCUT2D eigenvalue weighted by Crippen LogP contribution is 2.23. The van der Waals surface area contributed by atoms with Crippen LogP contribution in [0.2, 0.25) is 0 Å². The molecule has 1 aromatic carbocycles. The molecule has 0 saturated heterocycles. The van der Waals surface area contributed by atoms with E-state index < -0.39 is 17.8 Å². The smallest absolute Gasteiger partial charge is 0.272 e. The number of nitrogens with one attached hydrogen (secondary N) is 2. The van der Waals surface area contributed by atoms with Gasteiger partial charge in [-0.15, -0.1) is 6.42 Å². The lowest BCUT2D eigenvalue weighted by molar-refractivity contribution is -0.121. The van der Waals surface area contributed by atoms with Gasteiger partial charge in [0.2, 0.25) is 5.91 Å². The molecule has 3 N–H and O–H groups in total. The molecular formula is C21H21FN4O3. The number of amides is 2. The van der Waals surface area contributed by atoms with E-state index in [4.69, 9.17) is 16.8 Å². The SMILES string of the molecule is C#C[C@H](CO)NC(=O)Cc1c(C)c(C(=O)Nc2ccc(F)c(C#N)c2)n(C)c1C. The average molecular weight is 396 g/mol. The zero-order valence-electron chi connectivity index (χ0n) is 16.3. The number of hydrogen-bond acceptors (Lipinski definition) is 4. The average Bonchev–Trinajstić information content (AvgIpc) is 2.90. The molecule has 2 aromatic rings. The molecule has 29 heavy (non-hydrogen) atoms. The molecular weight excluding hydrogens is 375 g/mol. The minimum absolute atomic E-state index is 0.00784. The first-order valence-corrected chi connectivity index (χ1v) is 8.75. The maximum atomic E-state index is 13.5. The molecule has 0 radical (unpaired) electrons. The van der Waals surface area contributed by atoms with E-state index in [0.717, 1.165) is 11.8 Å². The molecule has 0 spiro atoms. The van der Waals surface area contributed by atoms with E-state index in [1.807, 2.05) is 0 Å². The largest absolute Gasteiger partial charge is 0.393 e. The number of carbonyl (C=O) groups is 2. The second-order valence-electron chi connectivity index (χ2n) is 6.50. The second-order valence-corrected chi connectivity index (χ2v) is 6.50. The van der Waals surface area contributed by atoms with Crippen LogP contribution >= 0.6 is 0 Å². The van der Waals surface area contributed by atoms with Gasteiger partial charge in [-0.3, -0.25) is 9.59 Å². The first-order valence-electron chi connectivity index (χ1n) is 8.75. The second kappa shape index (κ2) is 9.05. The molecule has 0 aliphatic heterocycles. The van der Waals surface area contributed by atoms with Crippen LogP contribution in [0, 0.1) is 43.3 Å². The Morgan fingerprint density at radius 2 is 2.07 bits per heavy atom. The molecule has 0 aliphatic carbocycles. The Hall–Kier alpha value is -3.62. The minimum atomic E-state index is -0.776. The normalized spacial score (nSPS) is 11.3. The third-order valence-electron chi connectivity index (χ3n) is 4.70. The highest BCUT2D eigenvalue weighted by Gasteiger charge is 2.23. The van der Waals surface area contributed by atoms with E-state index >= 15 is 0 Å². The number of benzene rings is 1. The van der Waals surface area contributed by atoms with Crippen LogP contribution in [0.3, 0.4) is 0 Å². The molecule has 2 amide bonds. The van der Waals surface area contributed by atoms with E-state index in [1.54, 1.807) is 31.5 Å². The lowest BCUT2D eigenvalue weighted by Crippen LogP contribution is -2.37. The molecule has 2 rings (SSSR count). The number of halogens is 1. The zero-order valence-corrected chi connectivity index (χ0v) is 16.3. The van der Waals surface area contributed by atoms with Gasteiger partial charge in [0.15, 0.2) is 0 Å². The van der Waals surface area contributed by atoms with Gasteiger partial charge in [-0.25, -0.2) is 4.39 Å². The maximum absolute atomic E-state index is 13.5. The number of rotatable bonds is 6. The fraction of sp³-hybridized carbons (Fsp3) is 0.286. The molecule has 1 aromatic heterocycles. The molecule has 8 heteroatoms. The highest BCUT2D eigenvalue weighted by atomic mass is 19.1. The summed E-state index contributed by atoms with van der Waals surface area (Å²) in [4.78, 5) is 25.0. The fourth-order valence-electron chi connectivity index (χ4n) is 3.04. The van der Waals surface area contributed by atoms with Crippen LogP contribution in [-0.2, 0) is 18.3 Å². The van der Waals surface area contributed by atoms with Gasteiger partial charge in [0, 0.05) is 18.4 Å². The number of hydrogen-bond donors (Lipinski definition) is 3. The first kappa shape index (κ1) is 21.7. The molecule has 0 unspecified atom stereocenters. The van der Waals surface area contributed by atoms with Crippen LogP contribution < -0.4 is 10.6 Å². The minimum Gasteiger partial charge on any atom is -0.393 e. The Bertz CT molecular complexity index is 1040. The standard InChI is InChI=1S/C21H21FN4O3/c1-5-15(11-27)24-19(28)9-17-12(2)20(26(4)13(17)3)21(29)25-16-6-7-18(22)14(8-16)10-23/h1,6-8,15,27H,9,11H2,2-4H3,(H,24,28)(H,25,29)/t15-/m1/s1. The van der Waals surface area contributed by atoms with E-state index in [2.05, 4.69) is 16.6 Å². The predicted octanol–water partition coefficient (Wildman–Crippen LogP) is 1.56. The fourth-order valence-corrected chi connectivity index (χ4v) is 3.04. The molecule has 0 aliphatic rings. The van der Waals surface area contributed by atoms with E-state index in [0.29, 0.717) is 16.8 Å². The third-order valence-corrected chi connectivity index (χ3v) is 4.70. The van der Waals surface area contributed by atoms with Crippen molar-refractivity contribution in [2.45, 2.75) is 26.3 Å². The van der Waals surface area contributed by atoms with Crippen LogP contribution in [0.1, 0.15) is 32.9 Å². The van der Waals surface area contributed by atoms with Crippen molar-refractivity contribution in [1.82, 2.24) is 9.88 Å². The van der Waals surface area contributed by atoms with Gasteiger partial charge < -0.3 is 20.3 Å². The van der Waals surface area contributed by atoms with Crippen LogP contribution in [0.15, 0.2) is 18.2 Å². The molecule has 7 nitrogen and oxygen atoms in total. The number of anilines is 1. The Morgan fingerprint density at radius 1 is 1.38 bits per heavy atom. The predicted molar refractivity (Wildman–Crippen MR) is 106 cm³/mol. The van der Waals surface area contributed by atoms with Crippen molar-refractivity contribution < 1.29 is 19.1 Å². The molecule has 1 heterocycles. The van der Waals surface area contributed by atoms with Gasteiger partial charge in [0.25, 0.3) is 5.91 Å². The summed E-state index contributed by atoms with van der Waals surface area (Å²) in [6.07, 6.45) is 5.22. The topological polar surface area (TPSA) is 107 Å². The summed E-state index contributed by atoms with van der Waals surface area (Å²) in [7, 11) is 1.70. The summed E-state index contributed by atoms with van der Waals surface area (Å²) >= 11 is 0. The van der Waals surface area contributed by atoms with Gasteiger partial charge in [0.05, 0.1) is 18.6 Å². The van der Waals surface area contributed by atoms with E-state index in [-0.39, 0.29) is 30.2 Å². The molecule has 0 bridgehead atoms. The Labute approximate surface area is 168 Å². The van der Waals surface area contributed by atoms with Crippen molar-refractivity contribution in [2.24, 2.45) is 7.05 Å². The Morgan fingerprint density at radius 3 is 2.66 bits per heavy atom. The van der Waals surface area contributed by atoms with Crippen molar-refractivity contribution in [3.05, 3.63) is 52.1 Å². The van der Waals surface area contributed by atoms with Crippen LogP contribution in [0.25, 0.3) is 0 Å². The van der Waals surface area contributed by atoms with Crippen LogP contribution in [0.5, 0.6) is 0 Å². The number of aromatic nitrogens is 1. The molecule has 0 saturated carbocycles.